The van der Waals surface area contributed by atoms with Crippen molar-refractivity contribution in [2.24, 2.45) is 5.73 Å². The molecule has 0 fully saturated rings. The van der Waals surface area contributed by atoms with Crippen LogP contribution >= 0.6 is 0 Å². The van der Waals surface area contributed by atoms with E-state index in [1.54, 1.807) is 12.1 Å². The van der Waals surface area contributed by atoms with E-state index >= 15 is 0 Å². The highest BCUT2D eigenvalue weighted by Crippen LogP contribution is 2.16. The third-order valence-electron chi connectivity index (χ3n) is 1.98. The molecule has 1 aromatic rings. The van der Waals surface area contributed by atoms with Gasteiger partial charge in [0.05, 0.1) is 6.10 Å². The van der Waals surface area contributed by atoms with Crippen LogP contribution in [-0.4, -0.2) is 13.2 Å². The number of ether oxygens (including phenoxy) is 1. The fourth-order valence-electron chi connectivity index (χ4n) is 1.24. The Kier molecular flexibility index (Phi) is 4.56. The van der Waals surface area contributed by atoms with E-state index in [-0.39, 0.29) is 11.9 Å². The summed E-state index contributed by atoms with van der Waals surface area (Å²) in [6.07, 6.45) is 0.841. The first-order valence-corrected chi connectivity index (χ1v) is 4.85. The quantitative estimate of drug-likeness (QED) is 0.785. The molecule has 1 rings (SSSR count). The third-order valence-corrected chi connectivity index (χ3v) is 1.98. The van der Waals surface area contributed by atoms with Crippen molar-refractivity contribution < 1.29 is 9.13 Å². The molecule has 0 amide bonds. The monoisotopic (exact) mass is 197 g/mol. The number of hydrogen-bond acceptors (Lipinski definition) is 2. The van der Waals surface area contributed by atoms with Crippen LogP contribution in [0.4, 0.5) is 4.39 Å². The molecule has 0 aromatic heterocycles. The highest BCUT2D eigenvalue weighted by atomic mass is 19.1. The average molecular weight is 197 g/mol. The number of halogens is 1. The van der Waals surface area contributed by atoms with Crippen molar-refractivity contribution in [1.82, 2.24) is 0 Å². The Balaban J connectivity index is 2.64. The summed E-state index contributed by atoms with van der Waals surface area (Å²) in [7, 11) is 0. The van der Waals surface area contributed by atoms with E-state index in [9.17, 15) is 4.39 Å². The second kappa shape index (κ2) is 5.73. The molecule has 1 atom stereocenters. The van der Waals surface area contributed by atoms with E-state index in [2.05, 4.69) is 0 Å². The average Bonchev–Trinajstić information content (AvgIpc) is 2.21. The highest BCUT2D eigenvalue weighted by molar-refractivity contribution is 5.18. The van der Waals surface area contributed by atoms with Crippen LogP contribution in [0.15, 0.2) is 24.3 Å². The van der Waals surface area contributed by atoms with E-state index in [0.29, 0.717) is 13.2 Å². The third kappa shape index (κ3) is 3.09. The Morgan fingerprint density at radius 2 is 2.00 bits per heavy atom. The summed E-state index contributed by atoms with van der Waals surface area (Å²) in [6.45, 7) is 3.14. The topological polar surface area (TPSA) is 35.2 Å². The molecule has 0 saturated carbocycles. The molecule has 0 bridgehead atoms. The lowest BCUT2D eigenvalue weighted by atomic mass is 10.1. The lowest BCUT2D eigenvalue weighted by Gasteiger charge is -2.15. The van der Waals surface area contributed by atoms with Gasteiger partial charge in [-0.05, 0) is 24.1 Å². The highest BCUT2D eigenvalue weighted by Gasteiger charge is 2.08. The Labute approximate surface area is 83.9 Å². The molecule has 78 valence electrons. The standard InChI is InChI=1S/C11H16FNO/c1-2-7-14-11(8-13)9-3-5-10(12)6-4-9/h3-6,11H,2,7-8,13H2,1H3. The van der Waals surface area contributed by atoms with Gasteiger partial charge in [0.1, 0.15) is 5.82 Å². The van der Waals surface area contributed by atoms with E-state index in [1.165, 1.54) is 12.1 Å². The summed E-state index contributed by atoms with van der Waals surface area (Å²) in [5, 5.41) is 0. The van der Waals surface area contributed by atoms with Gasteiger partial charge in [0.2, 0.25) is 0 Å². The smallest absolute Gasteiger partial charge is 0.123 e. The molecule has 0 heterocycles. The Morgan fingerprint density at radius 1 is 1.36 bits per heavy atom. The Morgan fingerprint density at radius 3 is 2.50 bits per heavy atom. The maximum absolute atomic E-state index is 12.6. The predicted molar refractivity (Wildman–Crippen MR) is 54.4 cm³/mol. The maximum atomic E-state index is 12.6. The van der Waals surface area contributed by atoms with Crippen LogP contribution < -0.4 is 5.73 Å². The van der Waals surface area contributed by atoms with Gasteiger partial charge in [-0.3, -0.25) is 0 Å². The Hall–Kier alpha value is -0.930. The Bertz CT molecular complexity index is 260. The SMILES string of the molecule is CCCOC(CN)c1ccc(F)cc1. The first-order chi connectivity index (χ1) is 6.77. The number of hydrogen-bond donors (Lipinski definition) is 1. The van der Waals surface area contributed by atoms with E-state index in [0.717, 1.165) is 12.0 Å². The summed E-state index contributed by atoms with van der Waals surface area (Å²) < 4.78 is 18.2. The zero-order chi connectivity index (χ0) is 10.4. The zero-order valence-corrected chi connectivity index (χ0v) is 8.37. The molecule has 2 nitrogen and oxygen atoms in total. The van der Waals surface area contributed by atoms with Gasteiger partial charge in [-0.2, -0.15) is 0 Å². The van der Waals surface area contributed by atoms with Gasteiger partial charge in [0, 0.05) is 13.2 Å². The van der Waals surface area contributed by atoms with E-state index in [4.69, 9.17) is 10.5 Å². The van der Waals surface area contributed by atoms with Crippen molar-refractivity contribution in [3.8, 4) is 0 Å². The second-order valence-corrected chi connectivity index (χ2v) is 3.15. The minimum absolute atomic E-state index is 0.115. The molecule has 1 aromatic carbocycles. The van der Waals surface area contributed by atoms with Crippen LogP contribution in [0.5, 0.6) is 0 Å². The largest absolute Gasteiger partial charge is 0.372 e. The normalized spacial score (nSPS) is 12.8. The van der Waals surface area contributed by atoms with Crippen LogP contribution in [-0.2, 0) is 4.74 Å². The molecule has 0 radical (unpaired) electrons. The second-order valence-electron chi connectivity index (χ2n) is 3.15. The van der Waals surface area contributed by atoms with Gasteiger partial charge in [-0.25, -0.2) is 4.39 Å². The van der Waals surface area contributed by atoms with E-state index < -0.39 is 0 Å². The molecule has 2 N–H and O–H groups in total. The summed E-state index contributed by atoms with van der Waals surface area (Å²) in [5.74, 6) is -0.236. The minimum Gasteiger partial charge on any atom is -0.372 e. The molecule has 0 saturated heterocycles. The van der Waals surface area contributed by atoms with Crippen LogP contribution in [0.2, 0.25) is 0 Å². The first kappa shape index (κ1) is 11.1. The number of rotatable bonds is 5. The van der Waals surface area contributed by atoms with Gasteiger partial charge >= 0.3 is 0 Å². The summed E-state index contributed by atoms with van der Waals surface area (Å²) in [4.78, 5) is 0. The zero-order valence-electron chi connectivity index (χ0n) is 8.37. The van der Waals surface area contributed by atoms with Gasteiger partial charge < -0.3 is 10.5 Å². The van der Waals surface area contributed by atoms with Gasteiger partial charge in [-0.15, -0.1) is 0 Å². The maximum Gasteiger partial charge on any atom is 0.123 e. The van der Waals surface area contributed by atoms with Gasteiger partial charge in [-0.1, -0.05) is 19.1 Å². The van der Waals surface area contributed by atoms with Crippen molar-refractivity contribution in [1.29, 1.82) is 0 Å². The van der Waals surface area contributed by atoms with Crippen molar-refractivity contribution in [3.05, 3.63) is 35.6 Å². The lowest BCUT2D eigenvalue weighted by Crippen LogP contribution is -2.16. The molecule has 14 heavy (non-hydrogen) atoms. The minimum atomic E-state index is -0.236. The van der Waals surface area contributed by atoms with Gasteiger partial charge in [0.15, 0.2) is 0 Å². The van der Waals surface area contributed by atoms with Crippen LogP contribution in [0.1, 0.15) is 25.0 Å². The predicted octanol–water partition coefficient (Wildman–Crippen LogP) is 2.25. The molecular weight excluding hydrogens is 181 g/mol. The van der Waals surface area contributed by atoms with Crippen LogP contribution in [0, 0.1) is 5.82 Å². The number of benzene rings is 1. The van der Waals surface area contributed by atoms with E-state index in [1.807, 2.05) is 6.92 Å². The van der Waals surface area contributed by atoms with Crippen molar-refractivity contribution in [3.63, 3.8) is 0 Å². The van der Waals surface area contributed by atoms with Crippen molar-refractivity contribution in [2.75, 3.05) is 13.2 Å². The fourth-order valence-corrected chi connectivity index (χ4v) is 1.24. The van der Waals surface area contributed by atoms with Crippen LogP contribution in [0.3, 0.4) is 0 Å². The molecule has 0 aliphatic heterocycles. The van der Waals surface area contributed by atoms with Crippen molar-refractivity contribution >= 4 is 0 Å². The van der Waals surface area contributed by atoms with Crippen molar-refractivity contribution in [2.45, 2.75) is 19.4 Å². The molecule has 0 aliphatic rings. The molecule has 3 heteroatoms. The molecule has 1 unspecified atom stereocenters. The summed E-state index contributed by atoms with van der Waals surface area (Å²) in [6, 6.07) is 6.27. The summed E-state index contributed by atoms with van der Waals surface area (Å²) in [5.41, 5.74) is 6.50. The first-order valence-electron chi connectivity index (χ1n) is 4.85. The van der Waals surface area contributed by atoms with Gasteiger partial charge in [0.25, 0.3) is 0 Å². The number of nitrogens with two attached hydrogens (primary N) is 1. The molecule has 0 aliphatic carbocycles. The molecular formula is C11H16FNO. The van der Waals surface area contributed by atoms with Crippen LogP contribution in [0.25, 0.3) is 0 Å². The fraction of sp³-hybridized carbons (Fsp3) is 0.455. The molecule has 0 spiro atoms. The lowest BCUT2D eigenvalue weighted by molar-refractivity contribution is 0.0591. The summed E-state index contributed by atoms with van der Waals surface area (Å²) >= 11 is 0.